The molecule has 0 unspecified atom stereocenters. The predicted molar refractivity (Wildman–Crippen MR) is 101 cm³/mol. The Hall–Kier alpha value is -2.15. The van der Waals surface area contributed by atoms with Crippen molar-refractivity contribution in [1.82, 2.24) is 9.97 Å². The summed E-state index contributed by atoms with van der Waals surface area (Å²) in [7, 11) is 0. The van der Waals surface area contributed by atoms with Gasteiger partial charge in [-0.2, -0.15) is 13.2 Å². The standard InChI is InChI=1S/C19H20F3N3S/c1-3-25(4-2)14-8-5-12(6-9-14)11-13-7-10-15-16(13)23-18(26)24-17(15)19(20,21)22/h5-6,8-9,11H,3-4,7,10H2,1-2H3,(H,23,24,26)/b13-11+. The van der Waals surface area contributed by atoms with Gasteiger partial charge in [-0.1, -0.05) is 12.1 Å². The number of rotatable bonds is 4. The predicted octanol–water partition coefficient (Wildman–Crippen LogP) is 5.49. The van der Waals surface area contributed by atoms with Crippen molar-refractivity contribution in [3.8, 4) is 0 Å². The normalized spacial score (nSPS) is 15.3. The molecule has 1 aliphatic rings. The van der Waals surface area contributed by atoms with Gasteiger partial charge in [0, 0.05) is 24.3 Å². The number of aromatic amines is 1. The third-order valence-corrected chi connectivity index (χ3v) is 4.82. The maximum absolute atomic E-state index is 13.2. The zero-order valence-electron chi connectivity index (χ0n) is 14.7. The van der Waals surface area contributed by atoms with Crippen LogP contribution in [0.3, 0.4) is 0 Å². The summed E-state index contributed by atoms with van der Waals surface area (Å²) in [5, 5.41) is 0. The van der Waals surface area contributed by atoms with Crippen LogP contribution in [0.1, 0.15) is 42.8 Å². The first kappa shape index (κ1) is 18.6. The summed E-state index contributed by atoms with van der Waals surface area (Å²) in [5.41, 5.74) is 2.67. The lowest BCUT2D eigenvalue weighted by Gasteiger charge is -2.20. The van der Waals surface area contributed by atoms with Gasteiger partial charge in [0.2, 0.25) is 0 Å². The molecule has 0 saturated heterocycles. The monoisotopic (exact) mass is 379 g/mol. The highest BCUT2D eigenvalue weighted by molar-refractivity contribution is 7.71. The Labute approximate surface area is 155 Å². The molecule has 0 atom stereocenters. The molecule has 3 rings (SSSR count). The van der Waals surface area contributed by atoms with Crippen LogP contribution < -0.4 is 4.90 Å². The molecular formula is C19H20F3N3S. The summed E-state index contributed by atoms with van der Waals surface area (Å²) in [6.07, 6.45) is -1.72. The first-order chi connectivity index (χ1) is 12.3. The van der Waals surface area contributed by atoms with E-state index in [4.69, 9.17) is 12.2 Å². The summed E-state index contributed by atoms with van der Waals surface area (Å²) in [6, 6.07) is 8.02. The average Bonchev–Trinajstić information content (AvgIpc) is 2.98. The van der Waals surface area contributed by atoms with Crippen LogP contribution >= 0.6 is 12.2 Å². The van der Waals surface area contributed by atoms with E-state index >= 15 is 0 Å². The van der Waals surface area contributed by atoms with Crippen molar-refractivity contribution in [3.05, 3.63) is 51.6 Å². The second-order valence-electron chi connectivity index (χ2n) is 6.18. The molecule has 0 bridgehead atoms. The van der Waals surface area contributed by atoms with E-state index in [-0.39, 0.29) is 10.3 Å². The number of aromatic nitrogens is 2. The summed E-state index contributed by atoms with van der Waals surface area (Å²) in [4.78, 5) is 8.61. The lowest BCUT2D eigenvalue weighted by molar-refractivity contribution is -0.141. The van der Waals surface area contributed by atoms with E-state index in [2.05, 4.69) is 28.7 Å². The maximum atomic E-state index is 13.2. The molecule has 7 heteroatoms. The van der Waals surface area contributed by atoms with Crippen LogP contribution in [0.15, 0.2) is 24.3 Å². The van der Waals surface area contributed by atoms with E-state index in [0.717, 1.165) is 29.9 Å². The zero-order valence-corrected chi connectivity index (χ0v) is 15.5. The van der Waals surface area contributed by atoms with Crippen LogP contribution in [0.5, 0.6) is 0 Å². The lowest BCUT2D eigenvalue weighted by Crippen LogP contribution is -2.21. The largest absolute Gasteiger partial charge is 0.431 e. The molecule has 2 aromatic rings. The molecular weight excluding hydrogens is 359 g/mol. The first-order valence-electron chi connectivity index (χ1n) is 8.59. The van der Waals surface area contributed by atoms with Crippen molar-refractivity contribution < 1.29 is 13.2 Å². The van der Waals surface area contributed by atoms with Crippen molar-refractivity contribution >= 4 is 29.6 Å². The molecule has 1 N–H and O–H groups in total. The quantitative estimate of drug-likeness (QED) is 0.713. The SMILES string of the molecule is CCN(CC)c1ccc(/C=C2\CCc3c2nc(=S)[nH]c3C(F)(F)F)cc1. The van der Waals surface area contributed by atoms with Gasteiger partial charge in [0.25, 0.3) is 0 Å². The van der Waals surface area contributed by atoms with Crippen molar-refractivity contribution in [1.29, 1.82) is 0 Å². The number of hydrogen-bond acceptors (Lipinski definition) is 3. The summed E-state index contributed by atoms with van der Waals surface area (Å²) < 4.78 is 39.6. The fourth-order valence-corrected chi connectivity index (χ4v) is 3.53. The molecule has 1 aromatic carbocycles. The van der Waals surface area contributed by atoms with Gasteiger partial charge >= 0.3 is 6.18 Å². The molecule has 1 aromatic heterocycles. The van der Waals surface area contributed by atoms with Crippen LogP contribution in [-0.2, 0) is 12.6 Å². The van der Waals surface area contributed by atoms with Gasteiger partial charge in [-0.25, -0.2) is 4.98 Å². The van der Waals surface area contributed by atoms with Crippen molar-refractivity contribution in [2.75, 3.05) is 18.0 Å². The number of alkyl halides is 3. The van der Waals surface area contributed by atoms with Crippen LogP contribution in [0.4, 0.5) is 18.9 Å². The molecule has 0 radical (unpaired) electrons. The molecule has 26 heavy (non-hydrogen) atoms. The Morgan fingerprint density at radius 3 is 2.38 bits per heavy atom. The number of H-pyrrole nitrogens is 1. The smallest absolute Gasteiger partial charge is 0.372 e. The van der Waals surface area contributed by atoms with Crippen molar-refractivity contribution in [3.63, 3.8) is 0 Å². The highest BCUT2D eigenvalue weighted by Gasteiger charge is 2.38. The summed E-state index contributed by atoms with van der Waals surface area (Å²) >= 11 is 4.90. The zero-order chi connectivity index (χ0) is 18.9. The topological polar surface area (TPSA) is 31.9 Å². The minimum atomic E-state index is -4.46. The van der Waals surface area contributed by atoms with Crippen LogP contribution in [0, 0.1) is 4.77 Å². The van der Waals surface area contributed by atoms with Gasteiger partial charge in [-0.3, -0.25) is 0 Å². The number of anilines is 1. The van der Waals surface area contributed by atoms with E-state index in [1.54, 1.807) is 0 Å². The number of allylic oxidation sites excluding steroid dienone is 1. The van der Waals surface area contributed by atoms with Gasteiger partial charge in [0.05, 0.1) is 5.69 Å². The van der Waals surface area contributed by atoms with Crippen molar-refractivity contribution in [2.24, 2.45) is 0 Å². The molecule has 3 nitrogen and oxygen atoms in total. The molecule has 0 amide bonds. The minimum absolute atomic E-state index is 0.138. The number of nitrogens with one attached hydrogen (secondary N) is 1. The van der Waals surface area contributed by atoms with Crippen LogP contribution in [0.25, 0.3) is 11.6 Å². The number of halogens is 3. The molecule has 0 saturated carbocycles. The fourth-order valence-electron chi connectivity index (χ4n) is 3.34. The molecule has 0 fully saturated rings. The minimum Gasteiger partial charge on any atom is -0.372 e. The summed E-state index contributed by atoms with van der Waals surface area (Å²) in [5.74, 6) is 0. The van der Waals surface area contributed by atoms with Gasteiger partial charge in [0.1, 0.15) is 5.69 Å². The third kappa shape index (κ3) is 3.67. The molecule has 0 aliphatic heterocycles. The van der Waals surface area contributed by atoms with Gasteiger partial charge in [-0.05, 0) is 68.3 Å². The van der Waals surface area contributed by atoms with Gasteiger partial charge in [0.15, 0.2) is 4.77 Å². The Morgan fingerprint density at radius 1 is 1.15 bits per heavy atom. The number of benzene rings is 1. The molecule has 0 spiro atoms. The highest BCUT2D eigenvalue weighted by Crippen LogP contribution is 2.39. The third-order valence-electron chi connectivity index (χ3n) is 4.63. The first-order valence-corrected chi connectivity index (χ1v) is 9.00. The fraction of sp³-hybridized carbons (Fsp3) is 0.368. The average molecular weight is 379 g/mol. The molecule has 1 aliphatic carbocycles. The lowest BCUT2D eigenvalue weighted by atomic mass is 10.1. The molecule has 1 heterocycles. The second-order valence-corrected chi connectivity index (χ2v) is 6.56. The molecule has 138 valence electrons. The van der Waals surface area contributed by atoms with Gasteiger partial charge in [-0.15, -0.1) is 0 Å². The Morgan fingerprint density at radius 2 is 1.81 bits per heavy atom. The van der Waals surface area contributed by atoms with E-state index in [0.29, 0.717) is 18.5 Å². The second kappa shape index (κ2) is 7.23. The Kier molecular flexibility index (Phi) is 5.18. The van der Waals surface area contributed by atoms with E-state index in [1.165, 1.54) is 0 Å². The Bertz CT molecular complexity index is 878. The van der Waals surface area contributed by atoms with Gasteiger partial charge < -0.3 is 9.88 Å². The van der Waals surface area contributed by atoms with E-state index in [1.807, 2.05) is 30.3 Å². The van der Waals surface area contributed by atoms with Crippen molar-refractivity contribution in [2.45, 2.75) is 32.9 Å². The van der Waals surface area contributed by atoms with Crippen LogP contribution in [0.2, 0.25) is 0 Å². The number of nitrogens with zero attached hydrogens (tertiary/aromatic N) is 2. The van der Waals surface area contributed by atoms with Crippen LogP contribution in [-0.4, -0.2) is 23.1 Å². The van der Waals surface area contributed by atoms with E-state index in [9.17, 15) is 13.2 Å². The maximum Gasteiger partial charge on any atom is 0.431 e. The summed E-state index contributed by atoms with van der Waals surface area (Å²) in [6.45, 7) is 6.05. The number of fused-ring (bicyclic) bond motifs is 1. The van der Waals surface area contributed by atoms with E-state index < -0.39 is 11.9 Å². The highest BCUT2D eigenvalue weighted by atomic mass is 32.1. The number of hydrogen-bond donors (Lipinski definition) is 1. The Balaban J connectivity index is 1.97.